The van der Waals surface area contributed by atoms with Crippen LogP contribution in [0.3, 0.4) is 0 Å². The van der Waals surface area contributed by atoms with Gasteiger partial charge in [-0.2, -0.15) is 0 Å². The standard InChI is InChI=1S/C26H28N2.H2O/c1-3-10-21(11-4-1)20-28-24-14-6-5-13-23(24)26-22(12-9-15-25(26)28)16-19-27-17-7-2-8-18-27;/h1,3-6,9-15H,2,7-8,16-20H2;1H2. The molecule has 1 fully saturated rings. The Labute approximate surface area is 172 Å². The molecular weight excluding hydrogens is 356 g/mol. The van der Waals surface area contributed by atoms with Crippen molar-refractivity contribution >= 4 is 21.8 Å². The van der Waals surface area contributed by atoms with Crippen LogP contribution in [0.2, 0.25) is 0 Å². The van der Waals surface area contributed by atoms with Crippen LogP contribution in [0.4, 0.5) is 0 Å². The number of benzene rings is 3. The third-order valence-electron chi connectivity index (χ3n) is 6.21. The summed E-state index contributed by atoms with van der Waals surface area (Å²) in [6, 6.07) is 26.6. The van der Waals surface area contributed by atoms with Gasteiger partial charge in [-0.05, 0) is 55.6 Å². The molecule has 3 heteroatoms. The maximum Gasteiger partial charge on any atom is 0.0497 e. The highest BCUT2D eigenvalue weighted by Crippen LogP contribution is 2.32. The minimum atomic E-state index is 0. The Hall–Kier alpha value is -2.62. The van der Waals surface area contributed by atoms with E-state index in [4.69, 9.17) is 0 Å². The summed E-state index contributed by atoms with van der Waals surface area (Å²) in [4.78, 5) is 2.64. The minimum absolute atomic E-state index is 0. The first-order valence-electron chi connectivity index (χ1n) is 10.7. The quantitative estimate of drug-likeness (QED) is 0.473. The molecule has 3 nitrogen and oxygen atoms in total. The molecule has 0 bridgehead atoms. The molecule has 150 valence electrons. The number of para-hydroxylation sites is 1. The van der Waals surface area contributed by atoms with Crippen LogP contribution in [0.1, 0.15) is 30.4 Å². The summed E-state index contributed by atoms with van der Waals surface area (Å²) in [6.07, 6.45) is 5.26. The zero-order valence-corrected chi connectivity index (χ0v) is 17.0. The summed E-state index contributed by atoms with van der Waals surface area (Å²) in [5.74, 6) is 0. The molecule has 0 atom stereocenters. The normalized spacial score (nSPS) is 14.9. The lowest BCUT2D eigenvalue weighted by Gasteiger charge is -2.26. The van der Waals surface area contributed by atoms with Crippen LogP contribution < -0.4 is 0 Å². The predicted octanol–water partition coefficient (Wildman–Crippen LogP) is 5.05. The van der Waals surface area contributed by atoms with Crippen molar-refractivity contribution in [3.8, 4) is 0 Å². The van der Waals surface area contributed by atoms with E-state index in [-0.39, 0.29) is 5.48 Å². The van der Waals surface area contributed by atoms with Gasteiger partial charge in [0, 0.05) is 34.9 Å². The number of piperidine rings is 1. The van der Waals surface area contributed by atoms with E-state index in [0.717, 1.165) is 13.0 Å². The van der Waals surface area contributed by atoms with Gasteiger partial charge in [-0.15, -0.1) is 0 Å². The van der Waals surface area contributed by atoms with Gasteiger partial charge in [-0.1, -0.05) is 67.1 Å². The van der Waals surface area contributed by atoms with E-state index in [9.17, 15) is 0 Å². The molecule has 2 N–H and O–H groups in total. The van der Waals surface area contributed by atoms with E-state index >= 15 is 0 Å². The molecule has 0 amide bonds. The molecule has 0 aliphatic carbocycles. The predicted molar refractivity (Wildman–Crippen MR) is 123 cm³/mol. The van der Waals surface area contributed by atoms with Crippen molar-refractivity contribution < 1.29 is 5.48 Å². The molecule has 1 saturated heterocycles. The van der Waals surface area contributed by atoms with Crippen molar-refractivity contribution in [1.29, 1.82) is 0 Å². The van der Waals surface area contributed by atoms with Crippen LogP contribution in [0.5, 0.6) is 0 Å². The Morgan fingerprint density at radius 1 is 0.690 bits per heavy atom. The first kappa shape index (κ1) is 19.7. The fraction of sp³-hybridized carbons (Fsp3) is 0.308. The van der Waals surface area contributed by atoms with Crippen LogP contribution in [0.25, 0.3) is 21.8 Å². The largest absolute Gasteiger partial charge is 0.412 e. The number of aromatic nitrogens is 1. The molecular formula is C26H30N2O. The third-order valence-corrected chi connectivity index (χ3v) is 6.21. The second-order valence-corrected chi connectivity index (χ2v) is 8.05. The lowest BCUT2D eigenvalue weighted by molar-refractivity contribution is 0.231. The van der Waals surface area contributed by atoms with Gasteiger partial charge in [0.25, 0.3) is 0 Å². The Morgan fingerprint density at radius 2 is 1.41 bits per heavy atom. The summed E-state index contributed by atoms with van der Waals surface area (Å²) in [5.41, 5.74) is 5.54. The van der Waals surface area contributed by atoms with E-state index in [0.29, 0.717) is 0 Å². The van der Waals surface area contributed by atoms with Crippen LogP contribution in [-0.4, -0.2) is 34.6 Å². The zero-order valence-electron chi connectivity index (χ0n) is 17.0. The highest BCUT2D eigenvalue weighted by Gasteiger charge is 2.15. The first-order valence-corrected chi connectivity index (χ1v) is 10.7. The van der Waals surface area contributed by atoms with Crippen molar-refractivity contribution in [3.63, 3.8) is 0 Å². The highest BCUT2D eigenvalue weighted by atomic mass is 16.0. The van der Waals surface area contributed by atoms with Crippen LogP contribution >= 0.6 is 0 Å². The molecule has 1 aliphatic heterocycles. The van der Waals surface area contributed by atoms with Gasteiger partial charge in [0.2, 0.25) is 0 Å². The monoisotopic (exact) mass is 386 g/mol. The summed E-state index contributed by atoms with van der Waals surface area (Å²) >= 11 is 0. The van der Waals surface area contributed by atoms with E-state index in [2.05, 4.69) is 82.3 Å². The van der Waals surface area contributed by atoms with Gasteiger partial charge in [0.1, 0.15) is 0 Å². The Kier molecular flexibility index (Phi) is 5.98. The van der Waals surface area contributed by atoms with Crippen molar-refractivity contribution in [2.75, 3.05) is 19.6 Å². The van der Waals surface area contributed by atoms with E-state index < -0.39 is 0 Å². The van der Waals surface area contributed by atoms with Crippen molar-refractivity contribution in [2.45, 2.75) is 32.2 Å². The number of hydrogen-bond donors (Lipinski definition) is 0. The van der Waals surface area contributed by atoms with Gasteiger partial charge in [0.15, 0.2) is 0 Å². The van der Waals surface area contributed by atoms with Gasteiger partial charge in [-0.25, -0.2) is 0 Å². The van der Waals surface area contributed by atoms with Crippen LogP contribution in [-0.2, 0) is 13.0 Å². The zero-order chi connectivity index (χ0) is 18.8. The average Bonchev–Trinajstić information content (AvgIpc) is 3.08. The maximum absolute atomic E-state index is 2.64. The Balaban J connectivity index is 0.00000205. The Bertz CT molecular complexity index is 1080. The summed E-state index contributed by atoms with van der Waals surface area (Å²) in [7, 11) is 0. The van der Waals surface area contributed by atoms with E-state index in [1.54, 1.807) is 0 Å². The topological polar surface area (TPSA) is 39.7 Å². The number of fused-ring (bicyclic) bond motifs is 3. The number of likely N-dealkylation sites (tertiary alicyclic amines) is 1. The fourth-order valence-electron chi connectivity index (χ4n) is 4.78. The lowest BCUT2D eigenvalue weighted by atomic mass is 10.0. The molecule has 4 aromatic rings. The van der Waals surface area contributed by atoms with E-state index in [1.807, 2.05) is 0 Å². The fourth-order valence-corrected chi connectivity index (χ4v) is 4.78. The molecule has 1 aromatic heterocycles. The maximum atomic E-state index is 2.64. The van der Waals surface area contributed by atoms with Gasteiger partial charge in [0.05, 0.1) is 0 Å². The second-order valence-electron chi connectivity index (χ2n) is 8.05. The number of hydrogen-bond acceptors (Lipinski definition) is 1. The number of rotatable bonds is 5. The Morgan fingerprint density at radius 3 is 2.24 bits per heavy atom. The summed E-state index contributed by atoms with van der Waals surface area (Å²) in [6.45, 7) is 4.63. The van der Waals surface area contributed by atoms with Gasteiger partial charge >= 0.3 is 0 Å². The van der Waals surface area contributed by atoms with Gasteiger partial charge in [-0.3, -0.25) is 0 Å². The van der Waals surface area contributed by atoms with Crippen LogP contribution in [0, 0.1) is 0 Å². The molecule has 0 saturated carbocycles. The SMILES string of the molecule is O.c1ccc(Cn2c3ccccc3c3c(CCN4CCCCC4)cccc32)cc1. The van der Waals surface area contributed by atoms with Gasteiger partial charge < -0.3 is 14.9 Å². The molecule has 0 spiro atoms. The third kappa shape index (κ3) is 3.93. The molecule has 0 unspecified atom stereocenters. The highest BCUT2D eigenvalue weighted by molar-refractivity contribution is 6.09. The first-order chi connectivity index (χ1) is 13.9. The molecule has 5 rings (SSSR count). The number of nitrogens with zero attached hydrogens (tertiary/aromatic N) is 2. The van der Waals surface area contributed by atoms with Crippen molar-refractivity contribution in [1.82, 2.24) is 9.47 Å². The van der Waals surface area contributed by atoms with Crippen molar-refractivity contribution in [3.05, 3.63) is 83.9 Å². The summed E-state index contributed by atoms with van der Waals surface area (Å²) in [5, 5.41) is 2.84. The molecule has 1 aliphatic rings. The molecule has 2 heterocycles. The smallest absolute Gasteiger partial charge is 0.0497 e. The minimum Gasteiger partial charge on any atom is -0.412 e. The molecule has 3 aromatic carbocycles. The van der Waals surface area contributed by atoms with Crippen molar-refractivity contribution in [2.24, 2.45) is 0 Å². The van der Waals surface area contributed by atoms with E-state index in [1.165, 1.54) is 71.8 Å². The lowest BCUT2D eigenvalue weighted by Crippen LogP contribution is -2.31. The molecule has 29 heavy (non-hydrogen) atoms. The second kappa shape index (κ2) is 8.81. The molecule has 0 radical (unpaired) electrons. The summed E-state index contributed by atoms with van der Waals surface area (Å²) < 4.78 is 2.49. The average molecular weight is 387 g/mol. The van der Waals surface area contributed by atoms with Crippen LogP contribution in [0.15, 0.2) is 72.8 Å².